The number of fused-ring (bicyclic) bond motifs is 1. The number of carbonyl (C=O) groups excluding carboxylic acids is 1. The molecule has 0 aliphatic heterocycles. The number of carbonyl (C=O) groups is 1. The first-order chi connectivity index (χ1) is 15.5. The Morgan fingerprint density at radius 3 is 2.72 bits per heavy atom. The summed E-state index contributed by atoms with van der Waals surface area (Å²) < 4.78 is 16.1. The predicted molar refractivity (Wildman–Crippen MR) is 122 cm³/mol. The van der Waals surface area contributed by atoms with Gasteiger partial charge in [0, 0.05) is 11.4 Å². The largest absolute Gasteiger partial charge is 0.354 e. The van der Waals surface area contributed by atoms with Crippen molar-refractivity contribution in [2.75, 3.05) is 12.3 Å². The number of hydrogen-bond acceptors (Lipinski definition) is 5. The highest BCUT2D eigenvalue weighted by Crippen LogP contribution is 2.17. The molecule has 2 aromatic heterocycles. The monoisotopic (exact) mass is 451 g/mol. The summed E-state index contributed by atoms with van der Waals surface area (Å²) in [6.07, 6.45) is 3.05. The summed E-state index contributed by atoms with van der Waals surface area (Å²) in [5.74, 6) is -0.210. The number of hydrogen-bond donors (Lipinski definition) is 1. The Hall–Kier alpha value is -3.46. The van der Waals surface area contributed by atoms with Gasteiger partial charge in [-0.2, -0.15) is 5.10 Å². The second kappa shape index (κ2) is 9.78. The average Bonchev–Trinajstić information content (AvgIpc) is 3.20. The third-order valence-electron chi connectivity index (χ3n) is 5.05. The predicted octanol–water partition coefficient (Wildman–Crippen LogP) is 3.00. The lowest BCUT2D eigenvalue weighted by Crippen LogP contribution is -2.29. The Kier molecular flexibility index (Phi) is 6.65. The van der Waals surface area contributed by atoms with Crippen molar-refractivity contribution in [3.8, 4) is 0 Å². The van der Waals surface area contributed by atoms with Gasteiger partial charge >= 0.3 is 0 Å². The summed E-state index contributed by atoms with van der Waals surface area (Å²) in [6.45, 7) is 3.20. The Bertz CT molecular complexity index is 1300. The molecule has 7 nitrogen and oxygen atoms in total. The lowest BCUT2D eigenvalue weighted by atomic mass is 10.1. The maximum atomic E-state index is 12.9. The second-order valence-corrected chi connectivity index (χ2v) is 8.35. The van der Waals surface area contributed by atoms with Crippen molar-refractivity contribution in [3.63, 3.8) is 0 Å². The SMILES string of the molecule is Cc1ccccc1Cn1cnc2c(cnn2CCNC(=O)CSc2ccc(F)cc2)c1=O. The number of aromatic nitrogens is 4. The van der Waals surface area contributed by atoms with E-state index in [-0.39, 0.29) is 23.0 Å². The molecule has 4 aromatic rings. The van der Waals surface area contributed by atoms with Crippen LogP contribution in [-0.4, -0.2) is 37.5 Å². The molecule has 2 heterocycles. The molecule has 0 saturated heterocycles. The van der Waals surface area contributed by atoms with Crippen molar-refractivity contribution in [2.24, 2.45) is 0 Å². The zero-order valence-electron chi connectivity index (χ0n) is 17.5. The molecule has 0 spiro atoms. The van der Waals surface area contributed by atoms with Crippen molar-refractivity contribution < 1.29 is 9.18 Å². The lowest BCUT2D eigenvalue weighted by molar-refractivity contribution is -0.118. The van der Waals surface area contributed by atoms with Crippen LogP contribution in [0.25, 0.3) is 11.0 Å². The highest BCUT2D eigenvalue weighted by Gasteiger charge is 2.11. The maximum absolute atomic E-state index is 12.9. The van der Waals surface area contributed by atoms with Crippen LogP contribution in [0.5, 0.6) is 0 Å². The van der Waals surface area contributed by atoms with Crippen LogP contribution in [0.1, 0.15) is 11.1 Å². The standard InChI is InChI=1S/C23H22FN5O2S/c1-16-4-2-3-5-17(16)13-28-15-26-22-20(23(28)31)12-27-29(22)11-10-25-21(30)14-32-19-8-6-18(24)7-9-19/h2-9,12,15H,10-11,13-14H2,1H3,(H,25,30). The number of nitrogens with one attached hydrogen (secondary N) is 1. The van der Waals surface area contributed by atoms with Gasteiger partial charge in [-0.1, -0.05) is 24.3 Å². The van der Waals surface area contributed by atoms with Gasteiger partial charge in [0.25, 0.3) is 5.56 Å². The maximum Gasteiger partial charge on any atom is 0.264 e. The van der Waals surface area contributed by atoms with E-state index in [0.717, 1.165) is 16.0 Å². The van der Waals surface area contributed by atoms with Crippen LogP contribution >= 0.6 is 11.8 Å². The molecular formula is C23H22FN5O2S. The summed E-state index contributed by atoms with van der Waals surface area (Å²) in [5, 5.41) is 7.54. The smallest absolute Gasteiger partial charge is 0.264 e. The fourth-order valence-electron chi connectivity index (χ4n) is 3.28. The molecule has 4 rings (SSSR count). The average molecular weight is 452 g/mol. The van der Waals surface area contributed by atoms with Crippen LogP contribution in [0, 0.1) is 12.7 Å². The molecule has 0 bridgehead atoms. The van der Waals surface area contributed by atoms with Crippen molar-refractivity contribution in [2.45, 2.75) is 24.9 Å². The molecule has 0 aliphatic rings. The number of amides is 1. The minimum atomic E-state index is -0.305. The van der Waals surface area contributed by atoms with Gasteiger partial charge in [0.1, 0.15) is 17.5 Å². The van der Waals surface area contributed by atoms with E-state index in [1.807, 2.05) is 31.2 Å². The fourth-order valence-corrected chi connectivity index (χ4v) is 4.01. The summed E-state index contributed by atoms with van der Waals surface area (Å²) in [5.41, 5.74) is 2.52. The van der Waals surface area contributed by atoms with Crippen LogP contribution < -0.4 is 10.9 Å². The molecule has 0 radical (unpaired) electrons. The molecule has 0 unspecified atom stereocenters. The molecule has 32 heavy (non-hydrogen) atoms. The van der Waals surface area contributed by atoms with Gasteiger partial charge in [0.2, 0.25) is 5.91 Å². The van der Waals surface area contributed by atoms with E-state index in [2.05, 4.69) is 15.4 Å². The fraction of sp³-hybridized carbons (Fsp3) is 0.217. The highest BCUT2D eigenvalue weighted by molar-refractivity contribution is 8.00. The van der Waals surface area contributed by atoms with E-state index in [1.165, 1.54) is 36.4 Å². The molecule has 0 fully saturated rings. The minimum absolute atomic E-state index is 0.135. The van der Waals surface area contributed by atoms with Crippen molar-refractivity contribution in [1.82, 2.24) is 24.6 Å². The first-order valence-electron chi connectivity index (χ1n) is 10.1. The zero-order chi connectivity index (χ0) is 22.5. The number of thioether (sulfide) groups is 1. The first kappa shape index (κ1) is 21.8. The van der Waals surface area contributed by atoms with E-state index in [4.69, 9.17) is 0 Å². The van der Waals surface area contributed by atoms with E-state index in [9.17, 15) is 14.0 Å². The van der Waals surface area contributed by atoms with E-state index in [1.54, 1.807) is 21.4 Å². The topological polar surface area (TPSA) is 81.8 Å². The van der Waals surface area contributed by atoms with Crippen LogP contribution in [0.4, 0.5) is 4.39 Å². The molecule has 0 saturated carbocycles. The zero-order valence-corrected chi connectivity index (χ0v) is 18.3. The summed E-state index contributed by atoms with van der Waals surface area (Å²) in [4.78, 5) is 30.2. The van der Waals surface area contributed by atoms with E-state index in [0.29, 0.717) is 30.7 Å². The quantitative estimate of drug-likeness (QED) is 0.417. The number of nitrogens with zero attached hydrogens (tertiary/aromatic N) is 4. The Morgan fingerprint density at radius 1 is 1.16 bits per heavy atom. The lowest BCUT2D eigenvalue weighted by Gasteiger charge is -2.09. The Balaban J connectivity index is 1.35. The van der Waals surface area contributed by atoms with Crippen LogP contribution in [0.2, 0.25) is 0 Å². The number of halogens is 1. The molecule has 164 valence electrons. The van der Waals surface area contributed by atoms with Crippen LogP contribution in [0.3, 0.4) is 0 Å². The van der Waals surface area contributed by atoms with Gasteiger partial charge in [-0.3, -0.25) is 14.2 Å². The van der Waals surface area contributed by atoms with Gasteiger partial charge in [-0.15, -0.1) is 11.8 Å². The normalized spacial score (nSPS) is 11.1. The number of benzene rings is 2. The summed E-state index contributed by atoms with van der Waals surface area (Å²) in [6, 6.07) is 13.9. The highest BCUT2D eigenvalue weighted by atomic mass is 32.2. The van der Waals surface area contributed by atoms with Gasteiger partial charge in [0.05, 0.1) is 25.0 Å². The number of aryl methyl sites for hydroxylation is 1. The molecular weight excluding hydrogens is 429 g/mol. The third kappa shape index (κ3) is 5.05. The van der Waals surface area contributed by atoms with E-state index < -0.39 is 0 Å². The van der Waals surface area contributed by atoms with Crippen LogP contribution in [-0.2, 0) is 17.9 Å². The van der Waals surface area contributed by atoms with E-state index >= 15 is 0 Å². The summed E-state index contributed by atoms with van der Waals surface area (Å²) >= 11 is 1.34. The Labute approximate surface area is 188 Å². The molecule has 9 heteroatoms. The van der Waals surface area contributed by atoms with Gasteiger partial charge in [-0.05, 0) is 42.3 Å². The van der Waals surface area contributed by atoms with Crippen molar-refractivity contribution >= 4 is 28.7 Å². The van der Waals surface area contributed by atoms with Gasteiger partial charge in [0.15, 0.2) is 5.65 Å². The molecule has 2 aromatic carbocycles. The Morgan fingerprint density at radius 2 is 1.94 bits per heavy atom. The van der Waals surface area contributed by atoms with Crippen molar-refractivity contribution in [1.29, 1.82) is 0 Å². The van der Waals surface area contributed by atoms with Gasteiger partial charge < -0.3 is 5.32 Å². The molecule has 0 atom stereocenters. The number of rotatable bonds is 8. The van der Waals surface area contributed by atoms with Gasteiger partial charge in [-0.25, -0.2) is 14.1 Å². The molecule has 1 N–H and O–H groups in total. The molecule has 0 aliphatic carbocycles. The van der Waals surface area contributed by atoms with Crippen molar-refractivity contribution in [3.05, 3.63) is 88.4 Å². The van der Waals surface area contributed by atoms with Crippen LogP contribution in [0.15, 0.2) is 70.7 Å². The second-order valence-electron chi connectivity index (χ2n) is 7.30. The third-order valence-corrected chi connectivity index (χ3v) is 6.07. The minimum Gasteiger partial charge on any atom is -0.354 e. The molecule has 1 amide bonds. The summed E-state index contributed by atoms with van der Waals surface area (Å²) in [7, 11) is 0. The first-order valence-corrected chi connectivity index (χ1v) is 11.1.